The van der Waals surface area contributed by atoms with E-state index < -0.39 is 0 Å². The molecule has 1 fully saturated rings. The van der Waals surface area contributed by atoms with E-state index in [1.54, 1.807) is 11.3 Å². The Labute approximate surface area is 186 Å². The Morgan fingerprint density at radius 3 is 2.35 bits per heavy atom. The standard InChI is InChI=1S/C25H26N4OS/c1-3-8-19(9-4-1)22-18-21-24(26-12-7-13-29-14-16-30-17-15-29)27-23(28-25(21)31-22)20-10-5-2-6-11-20/h1-6,8-11,18H,7,12-17H2,(H,26,27,28). The van der Waals surface area contributed by atoms with Crippen molar-refractivity contribution in [2.45, 2.75) is 6.42 Å². The second kappa shape index (κ2) is 9.56. The number of anilines is 1. The highest BCUT2D eigenvalue weighted by molar-refractivity contribution is 7.21. The Bertz CT molecular complexity index is 1120. The second-order valence-corrected chi connectivity index (χ2v) is 8.72. The van der Waals surface area contributed by atoms with Crippen LogP contribution >= 0.6 is 11.3 Å². The maximum absolute atomic E-state index is 5.44. The van der Waals surface area contributed by atoms with Crippen molar-refractivity contribution in [3.05, 3.63) is 66.7 Å². The van der Waals surface area contributed by atoms with Crippen molar-refractivity contribution in [3.63, 3.8) is 0 Å². The maximum atomic E-state index is 5.44. The van der Waals surface area contributed by atoms with Crippen LogP contribution in [-0.2, 0) is 4.74 Å². The van der Waals surface area contributed by atoms with Gasteiger partial charge in [-0.05, 0) is 24.6 Å². The summed E-state index contributed by atoms with van der Waals surface area (Å²) in [5.41, 5.74) is 2.25. The highest BCUT2D eigenvalue weighted by Gasteiger charge is 2.14. The molecule has 0 unspecified atom stereocenters. The maximum Gasteiger partial charge on any atom is 0.163 e. The number of fused-ring (bicyclic) bond motifs is 1. The summed E-state index contributed by atoms with van der Waals surface area (Å²) < 4.78 is 5.44. The third-order valence-electron chi connectivity index (χ3n) is 5.53. The van der Waals surface area contributed by atoms with E-state index in [1.807, 2.05) is 24.3 Å². The van der Waals surface area contributed by atoms with Crippen molar-refractivity contribution in [1.82, 2.24) is 14.9 Å². The molecule has 4 aromatic rings. The average Bonchev–Trinajstić information content (AvgIpc) is 3.28. The van der Waals surface area contributed by atoms with Crippen molar-refractivity contribution >= 4 is 27.4 Å². The van der Waals surface area contributed by atoms with Crippen LogP contribution in [0, 0.1) is 0 Å². The molecule has 1 aliphatic rings. The number of hydrogen-bond acceptors (Lipinski definition) is 6. The smallest absolute Gasteiger partial charge is 0.163 e. The van der Waals surface area contributed by atoms with E-state index in [9.17, 15) is 0 Å². The van der Waals surface area contributed by atoms with Crippen molar-refractivity contribution in [1.29, 1.82) is 0 Å². The second-order valence-electron chi connectivity index (χ2n) is 7.69. The van der Waals surface area contributed by atoms with Gasteiger partial charge in [-0.2, -0.15) is 0 Å². The van der Waals surface area contributed by atoms with Crippen molar-refractivity contribution in [2.75, 3.05) is 44.7 Å². The quantitative estimate of drug-likeness (QED) is 0.411. The largest absolute Gasteiger partial charge is 0.379 e. The minimum atomic E-state index is 0.769. The first-order valence-corrected chi connectivity index (χ1v) is 11.6. The first-order valence-electron chi connectivity index (χ1n) is 10.8. The molecule has 3 heterocycles. The van der Waals surface area contributed by atoms with Gasteiger partial charge in [0, 0.05) is 30.1 Å². The number of rotatable bonds is 7. The van der Waals surface area contributed by atoms with Crippen LogP contribution in [0.2, 0.25) is 0 Å². The fraction of sp³-hybridized carbons (Fsp3) is 0.280. The van der Waals surface area contributed by atoms with Gasteiger partial charge in [0.2, 0.25) is 0 Å². The monoisotopic (exact) mass is 430 g/mol. The molecular formula is C25H26N4OS. The van der Waals surface area contributed by atoms with Gasteiger partial charge >= 0.3 is 0 Å². The third kappa shape index (κ3) is 4.77. The lowest BCUT2D eigenvalue weighted by atomic mass is 10.2. The number of morpholine rings is 1. The molecule has 1 saturated heterocycles. The predicted molar refractivity (Wildman–Crippen MR) is 129 cm³/mol. The van der Waals surface area contributed by atoms with Crippen LogP contribution in [0.5, 0.6) is 0 Å². The van der Waals surface area contributed by atoms with Gasteiger partial charge in [-0.25, -0.2) is 9.97 Å². The van der Waals surface area contributed by atoms with E-state index in [-0.39, 0.29) is 0 Å². The normalized spacial score (nSPS) is 14.7. The fourth-order valence-corrected chi connectivity index (χ4v) is 4.89. The summed E-state index contributed by atoms with van der Waals surface area (Å²) in [6.45, 7) is 5.71. The highest BCUT2D eigenvalue weighted by atomic mass is 32.1. The van der Waals surface area contributed by atoms with Gasteiger partial charge in [0.05, 0.1) is 18.6 Å². The molecule has 2 aromatic heterocycles. The van der Waals surface area contributed by atoms with E-state index in [4.69, 9.17) is 14.7 Å². The lowest BCUT2D eigenvalue weighted by molar-refractivity contribution is 0.0378. The summed E-state index contributed by atoms with van der Waals surface area (Å²) in [6, 6.07) is 22.9. The minimum absolute atomic E-state index is 0.769. The topological polar surface area (TPSA) is 50.3 Å². The molecule has 6 heteroatoms. The molecule has 5 rings (SSSR count). The zero-order valence-electron chi connectivity index (χ0n) is 17.5. The number of thiophene rings is 1. The molecular weight excluding hydrogens is 404 g/mol. The van der Waals surface area contributed by atoms with Crippen LogP contribution in [0.1, 0.15) is 6.42 Å². The Kier molecular flexibility index (Phi) is 6.20. The molecule has 0 spiro atoms. The number of aromatic nitrogens is 2. The molecule has 1 aliphatic heterocycles. The Morgan fingerprint density at radius 1 is 0.903 bits per heavy atom. The minimum Gasteiger partial charge on any atom is -0.379 e. The SMILES string of the molecule is c1ccc(-c2nc(NCCCN3CCOCC3)c3cc(-c4ccccc4)sc3n2)cc1. The molecule has 0 radical (unpaired) electrons. The van der Waals surface area contributed by atoms with Gasteiger partial charge in [-0.15, -0.1) is 11.3 Å². The Balaban J connectivity index is 1.41. The zero-order chi connectivity index (χ0) is 20.9. The van der Waals surface area contributed by atoms with Gasteiger partial charge in [-0.3, -0.25) is 4.90 Å². The van der Waals surface area contributed by atoms with Gasteiger partial charge in [0.15, 0.2) is 5.82 Å². The Hall–Kier alpha value is -2.80. The summed E-state index contributed by atoms with van der Waals surface area (Å²) in [6.07, 6.45) is 1.07. The van der Waals surface area contributed by atoms with Crippen LogP contribution in [0.4, 0.5) is 5.82 Å². The number of ether oxygens (including phenoxy) is 1. The average molecular weight is 431 g/mol. The molecule has 0 amide bonds. The van der Waals surface area contributed by atoms with Crippen LogP contribution in [-0.4, -0.2) is 54.3 Å². The first-order chi connectivity index (χ1) is 15.4. The first kappa shape index (κ1) is 20.1. The summed E-state index contributed by atoms with van der Waals surface area (Å²) in [4.78, 5) is 14.5. The number of nitrogens with one attached hydrogen (secondary N) is 1. The molecule has 2 aromatic carbocycles. The number of hydrogen-bond donors (Lipinski definition) is 1. The van der Waals surface area contributed by atoms with Crippen LogP contribution in [0.15, 0.2) is 66.7 Å². The summed E-state index contributed by atoms with van der Waals surface area (Å²) in [7, 11) is 0. The highest BCUT2D eigenvalue weighted by Crippen LogP contribution is 2.36. The molecule has 0 aliphatic carbocycles. The lowest BCUT2D eigenvalue weighted by Crippen LogP contribution is -2.37. The summed E-state index contributed by atoms with van der Waals surface area (Å²) in [5, 5.41) is 4.69. The van der Waals surface area contributed by atoms with E-state index in [0.717, 1.165) is 73.2 Å². The van der Waals surface area contributed by atoms with Gasteiger partial charge in [0.1, 0.15) is 10.6 Å². The zero-order valence-corrected chi connectivity index (χ0v) is 18.3. The molecule has 31 heavy (non-hydrogen) atoms. The molecule has 158 valence electrons. The number of nitrogens with zero attached hydrogens (tertiary/aromatic N) is 3. The number of benzene rings is 2. The third-order valence-corrected chi connectivity index (χ3v) is 6.61. The van der Waals surface area contributed by atoms with E-state index in [1.165, 1.54) is 10.4 Å². The van der Waals surface area contributed by atoms with Gasteiger partial charge in [-0.1, -0.05) is 60.7 Å². The summed E-state index contributed by atoms with van der Waals surface area (Å²) >= 11 is 1.72. The molecule has 0 saturated carbocycles. The van der Waals surface area contributed by atoms with Gasteiger partial charge < -0.3 is 10.1 Å². The Morgan fingerprint density at radius 2 is 1.61 bits per heavy atom. The van der Waals surface area contributed by atoms with Crippen molar-refractivity contribution < 1.29 is 4.74 Å². The van der Waals surface area contributed by atoms with Crippen LogP contribution in [0.25, 0.3) is 32.0 Å². The lowest BCUT2D eigenvalue weighted by Gasteiger charge is -2.26. The van der Waals surface area contributed by atoms with Crippen LogP contribution in [0.3, 0.4) is 0 Å². The predicted octanol–water partition coefficient (Wildman–Crippen LogP) is 5.16. The van der Waals surface area contributed by atoms with Gasteiger partial charge in [0.25, 0.3) is 0 Å². The molecule has 0 bridgehead atoms. The van der Waals surface area contributed by atoms with E-state index >= 15 is 0 Å². The van der Waals surface area contributed by atoms with Crippen molar-refractivity contribution in [2.24, 2.45) is 0 Å². The summed E-state index contributed by atoms with van der Waals surface area (Å²) in [5.74, 6) is 1.69. The van der Waals surface area contributed by atoms with E-state index in [2.05, 4.69) is 52.7 Å². The molecule has 1 N–H and O–H groups in total. The molecule has 5 nitrogen and oxygen atoms in total. The van der Waals surface area contributed by atoms with Crippen molar-refractivity contribution in [3.8, 4) is 21.8 Å². The fourth-order valence-electron chi connectivity index (χ4n) is 3.85. The molecule has 0 atom stereocenters. The van der Waals surface area contributed by atoms with Crippen LogP contribution < -0.4 is 5.32 Å². The van der Waals surface area contributed by atoms with E-state index in [0.29, 0.717) is 0 Å².